The summed E-state index contributed by atoms with van der Waals surface area (Å²) in [5.41, 5.74) is 7.13. The number of amides is 1. The summed E-state index contributed by atoms with van der Waals surface area (Å²) in [6, 6.07) is 5.79. The first-order chi connectivity index (χ1) is 10.3. The Bertz CT molecular complexity index is 543. The molecule has 1 saturated heterocycles. The van der Waals surface area contributed by atoms with E-state index in [4.69, 9.17) is 15.2 Å². The highest BCUT2D eigenvalue weighted by Gasteiger charge is 2.35. The van der Waals surface area contributed by atoms with Gasteiger partial charge in [-0.05, 0) is 36.5 Å². The molecule has 1 unspecified atom stereocenters. The molecule has 1 heterocycles. The van der Waals surface area contributed by atoms with Gasteiger partial charge < -0.3 is 20.1 Å². The van der Waals surface area contributed by atoms with Crippen LogP contribution in [0, 0.1) is 12.3 Å². The standard InChI is InChI=1S/C17H26N2O3/c1-12-5-6-13(14(9-12)21-4)22-10-16(20)19-8-7-15(18)17(2,3)11-19/h5-6,9,15H,7-8,10-11,18H2,1-4H3. The van der Waals surface area contributed by atoms with Crippen LogP contribution in [0.15, 0.2) is 18.2 Å². The van der Waals surface area contributed by atoms with Crippen LogP contribution < -0.4 is 15.2 Å². The SMILES string of the molecule is COc1cc(C)ccc1OCC(=O)N1CCC(N)C(C)(C)C1. The minimum atomic E-state index is -0.0601. The summed E-state index contributed by atoms with van der Waals surface area (Å²) in [5, 5.41) is 0. The first kappa shape index (κ1) is 16.6. The first-order valence-corrected chi connectivity index (χ1v) is 7.64. The van der Waals surface area contributed by atoms with Crippen molar-refractivity contribution in [3.8, 4) is 11.5 Å². The van der Waals surface area contributed by atoms with Crippen LogP contribution in [0.5, 0.6) is 11.5 Å². The number of nitrogens with two attached hydrogens (primary N) is 1. The molecule has 1 amide bonds. The number of likely N-dealkylation sites (tertiary alicyclic amines) is 1. The molecule has 5 nitrogen and oxygen atoms in total. The lowest BCUT2D eigenvalue weighted by atomic mass is 9.80. The number of rotatable bonds is 4. The number of methoxy groups -OCH3 is 1. The molecule has 1 aliphatic rings. The second kappa shape index (κ2) is 6.57. The van der Waals surface area contributed by atoms with Gasteiger partial charge in [-0.15, -0.1) is 0 Å². The highest BCUT2D eigenvalue weighted by atomic mass is 16.5. The molecule has 0 bridgehead atoms. The van der Waals surface area contributed by atoms with Gasteiger partial charge in [-0.25, -0.2) is 0 Å². The molecular formula is C17H26N2O3. The van der Waals surface area contributed by atoms with Gasteiger partial charge in [0.05, 0.1) is 7.11 Å². The van der Waals surface area contributed by atoms with Crippen molar-refractivity contribution in [2.75, 3.05) is 26.8 Å². The number of piperidine rings is 1. The van der Waals surface area contributed by atoms with Gasteiger partial charge in [0.15, 0.2) is 18.1 Å². The van der Waals surface area contributed by atoms with E-state index in [0.717, 1.165) is 12.0 Å². The quantitative estimate of drug-likeness (QED) is 0.923. The van der Waals surface area contributed by atoms with E-state index in [0.29, 0.717) is 24.6 Å². The van der Waals surface area contributed by atoms with E-state index in [9.17, 15) is 4.79 Å². The van der Waals surface area contributed by atoms with Crippen LogP contribution in [0.4, 0.5) is 0 Å². The van der Waals surface area contributed by atoms with Crippen LogP contribution in [0.1, 0.15) is 25.8 Å². The second-order valence-electron chi connectivity index (χ2n) is 6.64. The molecule has 0 aliphatic carbocycles. The van der Waals surface area contributed by atoms with Crippen molar-refractivity contribution in [3.63, 3.8) is 0 Å². The zero-order valence-corrected chi connectivity index (χ0v) is 13.9. The highest BCUT2D eigenvalue weighted by Crippen LogP contribution is 2.29. The van der Waals surface area contributed by atoms with Gasteiger partial charge in [-0.2, -0.15) is 0 Å². The number of ether oxygens (including phenoxy) is 2. The van der Waals surface area contributed by atoms with Crippen LogP contribution in [0.2, 0.25) is 0 Å². The fourth-order valence-corrected chi connectivity index (χ4v) is 2.71. The Balaban J connectivity index is 1.96. The number of aryl methyl sites for hydroxylation is 1. The molecule has 0 spiro atoms. The van der Waals surface area contributed by atoms with Crippen molar-refractivity contribution < 1.29 is 14.3 Å². The maximum Gasteiger partial charge on any atom is 0.260 e. The Morgan fingerprint density at radius 3 is 2.77 bits per heavy atom. The molecule has 5 heteroatoms. The minimum Gasteiger partial charge on any atom is -0.493 e. The summed E-state index contributed by atoms with van der Waals surface area (Å²) in [6.07, 6.45) is 0.826. The minimum absolute atomic E-state index is 0.0115. The number of hydrogen-bond acceptors (Lipinski definition) is 4. The Morgan fingerprint density at radius 2 is 2.14 bits per heavy atom. The third-order valence-corrected chi connectivity index (χ3v) is 4.34. The lowest BCUT2D eigenvalue weighted by molar-refractivity contribution is -0.136. The molecule has 1 aromatic rings. The summed E-state index contributed by atoms with van der Waals surface area (Å²) in [4.78, 5) is 14.2. The average molecular weight is 306 g/mol. The average Bonchev–Trinajstić information content (AvgIpc) is 2.48. The molecule has 22 heavy (non-hydrogen) atoms. The molecule has 0 radical (unpaired) electrons. The Kier molecular flexibility index (Phi) is 4.96. The van der Waals surface area contributed by atoms with Gasteiger partial charge in [0.1, 0.15) is 0 Å². The first-order valence-electron chi connectivity index (χ1n) is 7.64. The second-order valence-corrected chi connectivity index (χ2v) is 6.64. The normalized spacial score (nSPS) is 20.6. The zero-order valence-electron chi connectivity index (χ0n) is 13.9. The van der Waals surface area contributed by atoms with Crippen LogP contribution in [-0.4, -0.2) is 43.7 Å². The molecule has 1 aliphatic heterocycles. The van der Waals surface area contributed by atoms with Crippen molar-refractivity contribution in [3.05, 3.63) is 23.8 Å². The number of carbonyl (C=O) groups excluding carboxylic acids is 1. The summed E-state index contributed by atoms with van der Waals surface area (Å²) in [7, 11) is 1.60. The lowest BCUT2D eigenvalue weighted by Gasteiger charge is -2.42. The Labute approximate surface area is 132 Å². The predicted octanol–water partition coefficient (Wildman–Crippen LogP) is 1.97. The van der Waals surface area contributed by atoms with Crippen LogP contribution in [0.3, 0.4) is 0 Å². The van der Waals surface area contributed by atoms with E-state index < -0.39 is 0 Å². The number of hydrogen-bond donors (Lipinski definition) is 1. The molecule has 0 saturated carbocycles. The lowest BCUT2D eigenvalue weighted by Crippen LogP contribution is -2.54. The Hall–Kier alpha value is -1.75. The monoisotopic (exact) mass is 306 g/mol. The van der Waals surface area contributed by atoms with Crippen molar-refractivity contribution in [2.45, 2.75) is 33.2 Å². The molecule has 1 aromatic carbocycles. The van der Waals surface area contributed by atoms with Gasteiger partial charge in [0, 0.05) is 19.1 Å². The smallest absolute Gasteiger partial charge is 0.260 e. The van der Waals surface area contributed by atoms with Crippen molar-refractivity contribution in [1.29, 1.82) is 0 Å². The summed E-state index contributed by atoms with van der Waals surface area (Å²) in [5.74, 6) is 1.23. The third kappa shape index (κ3) is 3.71. The number of carbonyl (C=O) groups is 1. The van der Waals surface area contributed by atoms with Crippen LogP contribution in [-0.2, 0) is 4.79 Å². The predicted molar refractivity (Wildman–Crippen MR) is 86.2 cm³/mol. The van der Waals surface area contributed by atoms with E-state index in [1.807, 2.05) is 30.0 Å². The van der Waals surface area contributed by atoms with E-state index in [1.54, 1.807) is 7.11 Å². The molecular weight excluding hydrogens is 280 g/mol. The van der Waals surface area contributed by atoms with E-state index >= 15 is 0 Å². The Morgan fingerprint density at radius 1 is 1.41 bits per heavy atom. The molecule has 2 N–H and O–H groups in total. The van der Waals surface area contributed by atoms with Crippen molar-refractivity contribution in [1.82, 2.24) is 4.90 Å². The van der Waals surface area contributed by atoms with Gasteiger partial charge in [0.2, 0.25) is 0 Å². The van der Waals surface area contributed by atoms with Gasteiger partial charge in [-0.1, -0.05) is 19.9 Å². The zero-order chi connectivity index (χ0) is 16.3. The topological polar surface area (TPSA) is 64.8 Å². The summed E-state index contributed by atoms with van der Waals surface area (Å²) in [6.45, 7) is 7.56. The van der Waals surface area contributed by atoms with Gasteiger partial charge in [0.25, 0.3) is 5.91 Å². The van der Waals surface area contributed by atoms with Crippen LogP contribution >= 0.6 is 0 Å². The fraction of sp³-hybridized carbons (Fsp3) is 0.588. The van der Waals surface area contributed by atoms with Crippen molar-refractivity contribution >= 4 is 5.91 Å². The van der Waals surface area contributed by atoms with E-state index in [1.165, 1.54) is 0 Å². The third-order valence-electron chi connectivity index (χ3n) is 4.34. The molecule has 1 fully saturated rings. The summed E-state index contributed by atoms with van der Waals surface area (Å²) >= 11 is 0. The van der Waals surface area contributed by atoms with Gasteiger partial charge >= 0.3 is 0 Å². The largest absolute Gasteiger partial charge is 0.493 e. The van der Waals surface area contributed by atoms with E-state index in [-0.39, 0.29) is 24.0 Å². The van der Waals surface area contributed by atoms with Crippen molar-refractivity contribution in [2.24, 2.45) is 11.1 Å². The number of benzene rings is 1. The summed E-state index contributed by atoms with van der Waals surface area (Å²) < 4.78 is 10.9. The number of nitrogens with zero attached hydrogens (tertiary/aromatic N) is 1. The van der Waals surface area contributed by atoms with E-state index in [2.05, 4.69) is 13.8 Å². The molecule has 0 aromatic heterocycles. The maximum atomic E-state index is 12.4. The van der Waals surface area contributed by atoms with Gasteiger partial charge in [-0.3, -0.25) is 4.79 Å². The fourth-order valence-electron chi connectivity index (χ4n) is 2.71. The molecule has 2 rings (SSSR count). The highest BCUT2D eigenvalue weighted by molar-refractivity contribution is 5.78. The molecule has 1 atom stereocenters. The maximum absolute atomic E-state index is 12.4. The van der Waals surface area contributed by atoms with Crippen LogP contribution in [0.25, 0.3) is 0 Å². The molecule has 122 valence electrons.